The van der Waals surface area contributed by atoms with Crippen LogP contribution < -0.4 is 11.1 Å². The highest BCUT2D eigenvalue weighted by Crippen LogP contribution is 2.36. The molecule has 0 atom stereocenters. The zero-order valence-electron chi connectivity index (χ0n) is 12.5. The van der Waals surface area contributed by atoms with Gasteiger partial charge in [0.05, 0.1) is 0 Å². The molecule has 2 aliphatic rings. The number of nitrogens with one attached hydrogen (secondary N) is 1. The Hall–Kier alpha value is -0.950. The van der Waals surface area contributed by atoms with Gasteiger partial charge in [-0.05, 0) is 12.8 Å². The van der Waals surface area contributed by atoms with Gasteiger partial charge in [0.2, 0.25) is 5.91 Å². The van der Waals surface area contributed by atoms with Crippen LogP contribution in [0.1, 0.15) is 32.1 Å². The molecule has 1 saturated carbocycles. The molecular formula is C14H26N4O2S. The van der Waals surface area contributed by atoms with Gasteiger partial charge in [-0.3, -0.25) is 9.69 Å². The van der Waals surface area contributed by atoms with Crippen molar-refractivity contribution in [2.24, 2.45) is 16.3 Å². The number of amidine groups is 1. The van der Waals surface area contributed by atoms with Gasteiger partial charge in [0, 0.05) is 37.7 Å². The summed E-state index contributed by atoms with van der Waals surface area (Å²) in [5.41, 5.74) is 5.02. The molecule has 0 unspecified atom stereocenters. The van der Waals surface area contributed by atoms with Gasteiger partial charge in [-0.15, -0.1) is 0 Å². The lowest BCUT2D eigenvalue weighted by atomic mass is 9.72. The van der Waals surface area contributed by atoms with Gasteiger partial charge >= 0.3 is 0 Å². The lowest BCUT2D eigenvalue weighted by Crippen LogP contribution is -2.52. The van der Waals surface area contributed by atoms with E-state index in [4.69, 9.17) is 10.9 Å². The van der Waals surface area contributed by atoms with E-state index in [1.807, 2.05) is 11.8 Å². The summed E-state index contributed by atoms with van der Waals surface area (Å²) in [6, 6.07) is 0. The highest BCUT2D eigenvalue weighted by atomic mass is 32.2. The number of oxime groups is 1. The molecule has 0 aromatic carbocycles. The van der Waals surface area contributed by atoms with E-state index in [-0.39, 0.29) is 11.7 Å². The van der Waals surface area contributed by atoms with Crippen molar-refractivity contribution in [1.29, 1.82) is 0 Å². The molecule has 120 valence electrons. The maximum atomic E-state index is 12.6. The number of thioether (sulfide) groups is 1. The molecule has 2 fully saturated rings. The second-order valence-corrected chi connectivity index (χ2v) is 7.06. The molecule has 1 aliphatic heterocycles. The van der Waals surface area contributed by atoms with Crippen LogP contribution in [0.25, 0.3) is 0 Å². The smallest absolute Gasteiger partial charge is 0.233 e. The molecule has 7 heteroatoms. The minimum absolute atomic E-state index is 0.0640. The molecule has 6 nitrogen and oxygen atoms in total. The third kappa shape index (κ3) is 4.03. The highest BCUT2D eigenvalue weighted by molar-refractivity contribution is 7.99. The molecule has 1 heterocycles. The predicted octanol–water partition coefficient (Wildman–Crippen LogP) is 0.848. The minimum atomic E-state index is -0.801. The number of hydrogen-bond donors (Lipinski definition) is 3. The van der Waals surface area contributed by atoms with Gasteiger partial charge in [-0.2, -0.15) is 11.8 Å². The average Bonchev–Trinajstić information content (AvgIpc) is 2.55. The van der Waals surface area contributed by atoms with E-state index in [1.54, 1.807) is 0 Å². The van der Waals surface area contributed by atoms with Crippen molar-refractivity contribution in [3.63, 3.8) is 0 Å². The first-order valence-electron chi connectivity index (χ1n) is 7.75. The van der Waals surface area contributed by atoms with Gasteiger partial charge in [-0.25, -0.2) is 0 Å². The lowest BCUT2D eigenvalue weighted by Gasteiger charge is -2.34. The molecule has 0 bridgehead atoms. The predicted molar refractivity (Wildman–Crippen MR) is 85.7 cm³/mol. The van der Waals surface area contributed by atoms with E-state index in [1.165, 1.54) is 11.5 Å². The van der Waals surface area contributed by atoms with Crippen LogP contribution in [0.2, 0.25) is 0 Å². The number of amides is 1. The molecule has 1 amide bonds. The van der Waals surface area contributed by atoms with Crippen molar-refractivity contribution in [2.45, 2.75) is 32.1 Å². The van der Waals surface area contributed by atoms with E-state index in [9.17, 15) is 4.79 Å². The maximum Gasteiger partial charge on any atom is 0.233 e. The Balaban J connectivity index is 1.86. The van der Waals surface area contributed by atoms with E-state index >= 15 is 0 Å². The Morgan fingerprint density at radius 3 is 2.57 bits per heavy atom. The molecule has 21 heavy (non-hydrogen) atoms. The van der Waals surface area contributed by atoms with Crippen LogP contribution in [-0.2, 0) is 4.79 Å². The molecule has 1 saturated heterocycles. The van der Waals surface area contributed by atoms with Crippen molar-refractivity contribution in [3.05, 3.63) is 0 Å². The number of rotatable bonds is 5. The summed E-state index contributed by atoms with van der Waals surface area (Å²) < 4.78 is 0. The molecule has 2 rings (SSSR count). The second-order valence-electron chi connectivity index (χ2n) is 5.84. The third-order valence-corrected chi connectivity index (χ3v) is 5.50. The zero-order chi connectivity index (χ0) is 15.1. The summed E-state index contributed by atoms with van der Waals surface area (Å²) in [5, 5.41) is 15.1. The molecule has 4 N–H and O–H groups in total. The van der Waals surface area contributed by atoms with Crippen LogP contribution >= 0.6 is 11.8 Å². The quantitative estimate of drug-likeness (QED) is 0.303. The van der Waals surface area contributed by atoms with E-state index in [0.29, 0.717) is 19.4 Å². The molecule has 1 aliphatic carbocycles. The molecule has 0 radical (unpaired) electrons. The lowest BCUT2D eigenvalue weighted by molar-refractivity contribution is -0.129. The largest absolute Gasteiger partial charge is 0.409 e. The van der Waals surface area contributed by atoms with Crippen LogP contribution in [0.4, 0.5) is 0 Å². The SMILES string of the molecule is NC(=NO)C1(C(=O)NCCN2CCSCC2)CCCCC1. The summed E-state index contributed by atoms with van der Waals surface area (Å²) in [6.07, 6.45) is 4.36. The third-order valence-electron chi connectivity index (χ3n) is 4.56. The van der Waals surface area contributed by atoms with Crippen LogP contribution in [0.5, 0.6) is 0 Å². The molecular weight excluding hydrogens is 288 g/mol. The number of carbonyl (C=O) groups excluding carboxylic acids is 1. The number of carbonyl (C=O) groups is 1. The van der Waals surface area contributed by atoms with Crippen molar-refractivity contribution < 1.29 is 10.0 Å². The van der Waals surface area contributed by atoms with E-state index < -0.39 is 5.41 Å². The Labute approximate surface area is 130 Å². The number of nitrogens with two attached hydrogens (primary N) is 1. The first kappa shape index (κ1) is 16.4. The Morgan fingerprint density at radius 2 is 1.95 bits per heavy atom. The van der Waals surface area contributed by atoms with Crippen molar-refractivity contribution in [1.82, 2.24) is 10.2 Å². The standard InChI is InChI=1S/C14H26N4O2S/c15-12(17-20)14(4-2-1-3-5-14)13(19)16-6-7-18-8-10-21-11-9-18/h20H,1-11H2,(H2,15,17)(H,16,19). The molecule has 0 spiro atoms. The fourth-order valence-electron chi connectivity index (χ4n) is 3.17. The van der Waals surface area contributed by atoms with Gasteiger partial charge in [0.1, 0.15) is 5.41 Å². The summed E-state index contributed by atoms with van der Waals surface area (Å²) >= 11 is 1.98. The Kier molecular flexibility index (Phi) is 6.17. The Bertz CT molecular complexity index is 377. The first-order chi connectivity index (χ1) is 10.2. The van der Waals surface area contributed by atoms with Crippen LogP contribution in [-0.4, -0.2) is 59.5 Å². The summed E-state index contributed by atoms with van der Waals surface area (Å²) in [5.74, 6) is 2.32. The minimum Gasteiger partial charge on any atom is -0.409 e. The molecule has 0 aromatic heterocycles. The van der Waals surface area contributed by atoms with Crippen molar-refractivity contribution >= 4 is 23.5 Å². The number of nitrogens with zero attached hydrogens (tertiary/aromatic N) is 2. The second kappa shape index (κ2) is 7.89. The number of hydrogen-bond acceptors (Lipinski definition) is 5. The van der Waals surface area contributed by atoms with E-state index in [0.717, 1.165) is 38.9 Å². The van der Waals surface area contributed by atoms with Gasteiger partial charge in [-0.1, -0.05) is 24.4 Å². The van der Waals surface area contributed by atoms with Crippen molar-refractivity contribution in [3.8, 4) is 0 Å². The topological polar surface area (TPSA) is 91.0 Å². The summed E-state index contributed by atoms with van der Waals surface area (Å²) in [7, 11) is 0. The maximum absolute atomic E-state index is 12.6. The summed E-state index contributed by atoms with van der Waals surface area (Å²) in [6.45, 7) is 3.68. The summed E-state index contributed by atoms with van der Waals surface area (Å²) in [4.78, 5) is 14.9. The first-order valence-corrected chi connectivity index (χ1v) is 8.91. The van der Waals surface area contributed by atoms with Gasteiger partial charge in [0.15, 0.2) is 5.84 Å². The average molecular weight is 314 g/mol. The Morgan fingerprint density at radius 1 is 1.29 bits per heavy atom. The molecule has 0 aromatic rings. The highest BCUT2D eigenvalue weighted by Gasteiger charge is 2.43. The fraction of sp³-hybridized carbons (Fsp3) is 0.857. The van der Waals surface area contributed by atoms with Crippen LogP contribution in [0.3, 0.4) is 0 Å². The van der Waals surface area contributed by atoms with Crippen LogP contribution in [0, 0.1) is 5.41 Å². The van der Waals surface area contributed by atoms with Gasteiger partial charge in [0.25, 0.3) is 0 Å². The normalized spacial score (nSPS) is 23.7. The van der Waals surface area contributed by atoms with Gasteiger partial charge < -0.3 is 16.3 Å². The monoisotopic (exact) mass is 314 g/mol. The zero-order valence-corrected chi connectivity index (χ0v) is 13.3. The fourth-order valence-corrected chi connectivity index (χ4v) is 4.15. The van der Waals surface area contributed by atoms with Crippen LogP contribution in [0.15, 0.2) is 5.16 Å². The van der Waals surface area contributed by atoms with E-state index in [2.05, 4.69) is 15.4 Å². The van der Waals surface area contributed by atoms with Crippen molar-refractivity contribution in [2.75, 3.05) is 37.7 Å².